The number of hydrogen-bond donors (Lipinski definition) is 1. The van der Waals surface area contributed by atoms with Crippen LogP contribution >= 0.6 is 22.6 Å². The number of hydrogen-bond acceptors (Lipinski definition) is 4. The highest BCUT2D eigenvalue weighted by Crippen LogP contribution is 2.32. The second-order valence-electron chi connectivity index (χ2n) is 6.05. The zero-order valence-corrected chi connectivity index (χ0v) is 17.4. The van der Waals surface area contributed by atoms with Crippen LogP contribution in [0.15, 0.2) is 48.5 Å². The quantitative estimate of drug-likeness (QED) is 0.565. The van der Waals surface area contributed by atoms with Crippen LogP contribution in [-0.2, 0) is 22.3 Å². The number of amides is 1. The van der Waals surface area contributed by atoms with Gasteiger partial charge in [-0.1, -0.05) is 12.1 Å². The number of aromatic nitrogens is 2. The van der Waals surface area contributed by atoms with Crippen LogP contribution in [0.5, 0.6) is 5.75 Å². The highest BCUT2D eigenvalue weighted by Gasteiger charge is 2.28. The van der Waals surface area contributed by atoms with E-state index in [2.05, 4.69) is 33.0 Å². The van der Waals surface area contributed by atoms with E-state index in [4.69, 9.17) is 4.74 Å². The van der Waals surface area contributed by atoms with Gasteiger partial charge in [0.1, 0.15) is 11.6 Å². The molecule has 4 rings (SSSR count). The van der Waals surface area contributed by atoms with Crippen molar-refractivity contribution >= 4 is 45.1 Å². The Bertz CT molecular complexity index is 1050. The maximum absolute atomic E-state index is 12.8. The summed E-state index contributed by atoms with van der Waals surface area (Å²) in [5, 5.41) is 7.59. The van der Waals surface area contributed by atoms with Crippen molar-refractivity contribution in [3.63, 3.8) is 0 Å². The molecule has 1 N–H and O–H groups in total. The molecule has 0 bridgehead atoms. The van der Waals surface area contributed by atoms with Crippen molar-refractivity contribution in [2.45, 2.75) is 11.5 Å². The molecule has 1 unspecified atom stereocenters. The van der Waals surface area contributed by atoms with Crippen molar-refractivity contribution in [2.24, 2.45) is 0 Å². The fourth-order valence-corrected chi connectivity index (χ4v) is 4.88. The van der Waals surface area contributed by atoms with E-state index in [1.165, 1.54) is 0 Å². The predicted octanol–water partition coefficient (Wildman–Crippen LogP) is 3.50. The first-order chi connectivity index (χ1) is 13.1. The molecule has 27 heavy (non-hydrogen) atoms. The molecule has 0 spiro atoms. The van der Waals surface area contributed by atoms with Gasteiger partial charge in [-0.15, -0.1) is 0 Å². The molecular formula is C19H16IN3O3S. The number of carbonyl (C=O) groups is 1. The Morgan fingerprint density at radius 3 is 2.63 bits per heavy atom. The summed E-state index contributed by atoms with van der Waals surface area (Å²) in [6.07, 6.45) is 0. The van der Waals surface area contributed by atoms with E-state index in [1.807, 2.05) is 42.5 Å². The van der Waals surface area contributed by atoms with Gasteiger partial charge in [-0.2, -0.15) is 5.10 Å². The Balaban J connectivity index is 1.75. The maximum atomic E-state index is 12.8. The second kappa shape index (κ2) is 7.43. The van der Waals surface area contributed by atoms with Crippen LogP contribution in [0.2, 0.25) is 0 Å². The summed E-state index contributed by atoms with van der Waals surface area (Å²) in [7, 11) is 0.630. The minimum Gasteiger partial charge on any atom is -0.497 e. The second-order valence-corrected chi connectivity index (χ2v) is 8.67. The van der Waals surface area contributed by atoms with Crippen molar-refractivity contribution in [1.29, 1.82) is 0 Å². The van der Waals surface area contributed by atoms with E-state index < -0.39 is 10.8 Å². The zero-order chi connectivity index (χ0) is 19.0. The van der Waals surface area contributed by atoms with Crippen LogP contribution in [0.25, 0.3) is 5.69 Å². The number of nitrogens with zero attached hydrogens (tertiary/aromatic N) is 2. The van der Waals surface area contributed by atoms with Gasteiger partial charge in [0.25, 0.3) is 5.91 Å². The normalized spacial score (nSPS) is 15.4. The van der Waals surface area contributed by atoms with Gasteiger partial charge >= 0.3 is 0 Å². The summed E-state index contributed by atoms with van der Waals surface area (Å²) < 4.78 is 19.8. The van der Waals surface area contributed by atoms with Gasteiger partial charge in [0.2, 0.25) is 0 Å². The Labute approximate surface area is 172 Å². The predicted molar refractivity (Wildman–Crippen MR) is 113 cm³/mol. The van der Waals surface area contributed by atoms with Gasteiger partial charge in [-0.3, -0.25) is 9.00 Å². The lowest BCUT2D eigenvalue weighted by atomic mass is 10.2. The third-order valence-electron chi connectivity index (χ3n) is 4.34. The van der Waals surface area contributed by atoms with Gasteiger partial charge in [-0.25, -0.2) is 4.68 Å². The fourth-order valence-electron chi connectivity index (χ4n) is 2.99. The molecule has 138 valence electrons. The third-order valence-corrected chi connectivity index (χ3v) is 6.48. The number of carbonyl (C=O) groups excluding carboxylic acids is 1. The number of rotatable bonds is 4. The number of fused-ring (bicyclic) bond motifs is 1. The molecule has 2 aromatic carbocycles. The summed E-state index contributed by atoms with van der Waals surface area (Å²) in [4.78, 5) is 12.8. The van der Waals surface area contributed by atoms with E-state index in [0.29, 0.717) is 22.9 Å². The Morgan fingerprint density at radius 1 is 1.19 bits per heavy atom. The molecule has 0 radical (unpaired) electrons. The standard InChI is InChI=1S/C19H16IN3O3S/c1-26-13-8-6-12(7-9-13)23-18(15-10-27(25)11-17(15)22-23)21-19(24)14-4-2-3-5-16(14)20/h2-9H,10-11H2,1H3,(H,21,24). The van der Waals surface area contributed by atoms with Crippen LogP contribution in [-0.4, -0.2) is 27.0 Å². The molecule has 2 heterocycles. The van der Waals surface area contributed by atoms with Crippen LogP contribution < -0.4 is 10.1 Å². The lowest BCUT2D eigenvalue weighted by Crippen LogP contribution is -2.17. The zero-order valence-electron chi connectivity index (χ0n) is 14.4. The minimum atomic E-state index is -0.981. The summed E-state index contributed by atoms with van der Waals surface area (Å²) in [6, 6.07) is 14.8. The highest BCUT2D eigenvalue weighted by atomic mass is 127. The first-order valence-corrected chi connectivity index (χ1v) is 10.8. The van der Waals surface area contributed by atoms with E-state index in [9.17, 15) is 9.00 Å². The molecule has 1 aliphatic heterocycles. The number of benzene rings is 2. The van der Waals surface area contributed by atoms with Crippen molar-refractivity contribution in [2.75, 3.05) is 12.4 Å². The van der Waals surface area contributed by atoms with Gasteiger partial charge in [0.05, 0.1) is 35.6 Å². The molecule has 0 saturated carbocycles. The van der Waals surface area contributed by atoms with Gasteiger partial charge in [-0.05, 0) is 59.0 Å². The molecule has 0 saturated heterocycles. The summed E-state index contributed by atoms with van der Waals surface area (Å²) in [5.74, 6) is 1.90. The summed E-state index contributed by atoms with van der Waals surface area (Å²) in [5.41, 5.74) is 2.99. The van der Waals surface area contributed by atoms with Crippen LogP contribution in [0, 0.1) is 3.57 Å². The average molecular weight is 493 g/mol. The smallest absolute Gasteiger partial charge is 0.257 e. The first-order valence-electron chi connectivity index (χ1n) is 8.23. The minimum absolute atomic E-state index is 0.213. The van der Waals surface area contributed by atoms with Crippen molar-refractivity contribution in [3.05, 3.63) is 68.9 Å². The summed E-state index contributed by atoms with van der Waals surface area (Å²) in [6.45, 7) is 0. The van der Waals surface area contributed by atoms with E-state index in [0.717, 1.165) is 26.3 Å². The Morgan fingerprint density at radius 2 is 1.93 bits per heavy atom. The number of anilines is 1. The maximum Gasteiger partial charge on any atom is 0.257 e. The van der Waals surface area contributed by atoms with Crippen molar-refractivity contribution in [3.8, 4) is 11.4 Å². The van der Waals surface area contributed by atoms with E-state index in [-0.39, 0.29) is 5.91 Å². The van der Waals surface area contributed by atoms with Crippen LogP contribution in [0.1, 0.15) is 21.6 Å². The SMILES string of the molecule is COc1ccc(-n2nc3c(c2NC(=O)c2ccccc2I)CS(=O)C3)cc1. The van der Waals surface area contributed by atoms with Gasteiger partial charge < -0.3 is 10.1 Å². The molecule has 1 aromatic heterocycles. The summed E-state index contributed by atoms with van der Waals surface area (Å²) >= 11 is 2.14. The Kier molecular flexibility index (Phi) is 5.00. The molecule has 6 nitrogen and oxygen atoms in total. The third kappa shape index (κ3) is 3.51. The Hall–Kier alpha value is -2.20. The highest BCUT2D eigenvalue weighted by molar-refractivity contribution is 14.1. The molecule has 0 aliphatic carbocycles. The molecule has 1 atom stereocenters. The lowest BCUT2D eigenvalue weighted by Gasteiger charge is -2.12. The number of methoxy groups -OCH3 is 1. The van der Waals surface area contributed by atoms with Crippen molar-refractivity contribution < 1.29 is 13.7 Å². The van der Waals surface area contributed by atoms with Gasteiger partial charge in [0, 0.05) is 19.9 Å². The number of nitrogens with one attached hydrogen (secondary N) is 1. The molecule has 0 fully saturated rings. The fraction of sp³-hybridized carbons (Fsp3) is 0.158. The number of ether oxygens (including phenoxy) is 1. The van der Waals surface area contributed by atoms with Crippen molar-refractivity contribution in [1.82, 2.24) is 9.78 Å². The molecule has 1 aliphatic rings. The molecule has 3 aromatic rings. The number of halogens is 1. The molecular weight excluding hydrogens is 477 g/mol. The van der Waals surface area contributed by atoms with Crippen LogP contribution in [0.3, 0.4) is 0 Å². The van der Waals surface area contributed by atoms with Crippen LogP contribution in [0.4, 0.5) is 5.82 Å². The molecule has 8 heteroatoms. The molecule has 1 amide bonds. The largest absolute Gasteiger partial charge is 0.497 e. The van der Waals surface area contributed by atoms with E-state index >= 15 is 0 Å². The van der Waals surface area contributed by atoms with E-state index in [1.54, 1.807) is 17.9 Å². The monoisotopic (exact) mass is 493 g/mol. The first kappa shape index (κ1) is 18.2. The average Bonchev–Trinajstić information content (AvgIpc) is 3.19. The lowest BCUT2D eigenvalue weighted by molar-refractivity contribution is 0.102. The van der Waals surface area contributed by atoms with Gasteiger partial charge in [0.15, 0.2) is 0 Å². The topological polar surface area (TPSA) is 73.2 Å².